The van der Waals surface area contributed by atoms with Crippen molar-refractivity contribution in [2.75, 3.05) is 4.90 Å². The van der Waals surface area contributed by atoms with Gasteiger partial charge in [0.1, 0.15) is 5.92 Å². The minimum absolute atomic E-state index is 0.182. The molecule has 0 aliphatic carbocycles. The fourth-order valence-electron chi connectivity index (χ4n) is 3.66. The van der Waals surface area contributed by atoms with Crippen LogP contribution in [-0.2, 0) is 4.79 Å². The number of carbonyl (C=O) groups excluding carboxylic acids is 1. The third-order valence-electron chi connectivity index (χ3n) is 4.78. The van der Waals surface area contributed by atoms with E-state index in [4.69, 9.17) is 0 Å². The number of benzene rings is 3. The minimum Gasteiger partial charge on any atom is -0.481 e. The van der Waals surface area contributed by atoms with Gasteiger partial charge in [0, 0.05) is 11.3 Å². The monoisotopic (exact) mass is 343 g/mol. The van der Waals surface area contributed by atoms with E-state index >= 15 is 0 Å². The van der Waals surface area contributed by atoms with Crippen LogP contribution in [0.3, 0.4) is 0 Å². The predicted octanol–water partition coefficient (Wildman–Crippen LogP) is 4.26. The Morgan fingerprint density at radius 3 is 2.04 bits per heavy atom. The summed E-state index contributed by atoms with van der Waals surface area (Å²) < 4.78 is 0. The molecule has 0 saturated carbocycles. The maximum Gasteiger partial charge on any atom is 0.313 e. The number of carboxylic acid groups (broad SMARTS) is 1. The van der Waals surface area contributed by atoms with Crippen molar-refractivity contribution >= 4 is 17.6 Å². The van der Waals surface area contributed by atoms with E-state index in [0.29, 0.717) is 16.8 Å². The van der Waals surface area contributed by atoms with Crippen molar-refractivity contribution in [3.63, 3.8) is 0 Å². The number of hydrogen-bond acceptors (Lipinski definition) is 2. The second-order valence-electron chi connectivity index (χ2n) is 6.27. The van der Waals surface area contributed by atoms with Crippen molar-refractivity contribution in [1.29, 1.82) is 0 Å². The topological polar surface area (TPSA) is 57.6 Å². The van der Waals surface area contributed by atoms with Gasteiger partial charge in [-0.05, 0) is 29.3 Å². The van der Waals surface area contributed by atoms with Gasteiger partial charge in [-0.2, -0.15) is 0 Å². The summed E-state index contributed by atoms with van der Waals surface area (Å²) in [5.41, 5.74) is 2.49. The number of aliphatic carboxylic acids is 1. The highest BCUT2D eigenvalue weighted by molar-refractivity contribution is 6.10. The summed E-state index contributed by atoms with van der Waals surface area (Å²) in [7, 11) is 0. The van der Waals surface area contributed by atoms with Crippen LogP contribution in [-0.4, -0.2) is 17.0 Å². The summed E-state index contributed by atoms with van der Waals surface area (Å²) in [6, 6.07) is 25.0. The van der Waals surface area contributed by atoms with Crippen LogP contribution in [0.5, 0.6) is 0 Å². The molecule has 4 rings (SSSR count). The summed E-state index contributed by atoms with van der Waals surface area (Å²) in [5, 5.41) is 10.0. The van der Waals surface area contributed by atoms with Crippen molar-refractivity contribution in [1.82, 2.24) is 0 Å². The zero-order chi connectivity index (χ0) is 18.1. The number of para-hydroxylation sites is 1. The second-order valence-corrected chi connectivity index (χ2v) is 6.27. The van der Waals surface area contributed by atoms with Crippen LogP contribution in [0, 0.1) is 0 Å². The minimum atomic E-state index is -0.945. The van der Waals surface area contributed by atoms with Crippen LogP contribution < -0.4 is 4.90 Å². The number of fused-ring (bicyclic) bond motifs is 1. The molecule has 1 aliphatic heterocycles. The lowest BCUT2D eigenvalue weighted by atomic mass is 9.79. The van der Waals surface area contributed by atoms with Crippen molar-refractivity contribution in [2.24, 2.45) is 0 Å². The summed E-state index contributed by atoms with van der Waals surface area (Å²) in [5.74, 6) is -1.97. The molecule has 2 unspecified atom stereocenters. The van der Waals surface area contributed by atoms with E-state index in [1.54, 1.807) is 29.2 Å². The Labute approximate surface area is 151 Å². The van der Waals surface area contributed by atoms with E-state index in [0.717, 1.165) is 5.56 Å². The van der Waals surface area contributed by atoms with Crippen LogP contribution in [0.15, 0.2) is 84.9 Å². The molecule has 0 radical (unpaired) electrons. The van der Waals surface area contributed by atoms with Gasteiger partial charge in [0.25, 0.3) is 5.91 Å². The number of rotatable bonds is 3. The molecule has 1 aliphatic rings. The summed E-state index contributed by atoms with van der Waals surface area (Å²) >= 11 is 0. The third-order valence-corrected chi connectivity index (χ3v) is 4.78. The third kappa shape index (κ3) is 2.56. The molecular weight excluding hydrogens is 326 g/mol. The fourth-order valence-corrected chi connectivity index (χ4v) is 3.66. The van der Waals surface area contributed by atoms with Crippen LogP contribution >= 0.6 is 0 Å². The van der Waals surface area contributed by atoms with Gasteiger partial charge in [0.05, 0.1) is 6.04 Å². The molecule has 1 amide bonds. The molecule has 3 aromatic carbocycles. The lowest BCUT2D eigenvalue weighted by molar-refractivity contribution is -0.139. The Hall–Kier alpha value is -3.40. The molecule has 1 heterocycles. The molecule has 26 heavy (non-hydrogen) atoms. The van der Waals surface area contributed by atoms with E-state index in [9.17, 15) is 14.7 Å². The van der Waals surface area contributed by atoms with Crippen LogP contribution in [0.1, 0.15) is 33.4 Å². The molecule has 128 valence electrons. The van der Waals surface area contributed by atoms with E-state index in [-0.39, 0.29) is 5.91 Å². The number of nitrogens with zero attached hydrogens (tertiary/aromatic N) is 1. The number of hydrogen-bond donors (Lipinski definition) is 1. The van der Waals surface area contributed by atoms with Crippen molar-refractivity contribution < 1.29 is 14.7 Å². The maximum absolute atomic E-state index is 13.3. The molecule has 0 aromatic heterocycles. The Morgan fingerprint density at radius 2 is 1.38 bits per heavy atom. The highest BCUT2D eigenvalue weighted by Crippen LogP contribution is 2.44. The first-order chi connectivity index (χ1) is 12.7. The number of anilines is 1. The van der Waals surface area contributed by atoms with Crippen molar-refractivity contribution in [3.8, 4) is 0 Å². The highest BCUT2D eigenvalue weighted by atomic mass is 16.4. The molecule has 0 spiro atoms. The van der Waals surface area contributed by atoms with Crippen LogP contribution in [0.2, 0.25) is 0 Å². The van der Waals surface area contributed by atoms with Gasteiger partial charge in [0.15, 0.2) is 0 Å². The molecule has 3 aromatic rings. The Balaban J connectivity index is 1.99. The Bertz CT molecular complexity index is 953. The summed E-state index contributed by atoms with van der Waals surface area (Å²) in [6.45, 7) is 0. The highest BCUT2D eigenvalue weighted by Gasteiger charge is 2.44. The van der Waals surface area contributed by atoms with Crippen LogP contribution in [0.4, 0.5) is 5.69 Å². The largest absolute Gasteiger partial charge is 0.481 e. The first-order valence-corrected chi connectivity index (χ1v) is 8.44. The first-order valence-electron chi connectivity index (χ1n) is 8.44. The van der Waals surface area contributed by atoms with Gasteiger partial charge in [-0.3, -0.25) is 14.5 Å². The fraction of sp³-hybridized carbons (Fsp3) is 0.0909. The SMILES string of the molecule is O=C(O)C1c2ccccc2C(=O)N(c2ccccc2)C1c1ccccc1. The van der Waals surface area contributed by atoms with Gasteiger partial charge in [0.2, 0.25) is 0 Å². The molecular formula is C22H17NO3. The first kappa shape index (κ1) is 16.1. The molecule has 2 atom stereocenters. The Morgan fingerprint density at radius 1 is 0.808 bits per heavy atom. The van der Waals surface area contributed by atoms with E-state index < -0.39 is 17.9 Å². The second kappa shape index (κ2) is 6.48. The molecule has 0 bridgehead atoms. The average molecular weight is 343 g/mol. The quantitative estimate of drug-likeness (QED) is 0.773. The standard InChI is InChI=1S/C22H17NO3/c24-21-18-14-8-7-13-17(18)19(22(25)26)20(15-9-3-1-4-10-15)23(21)16-11-5-2-6-12-16/h1-14,19-20H,(H,25,26). The van der Waals surface area contributed by atoms with Gasteiger partial charge in [-0.15, -0.1) is 0 Å². The molecule has 4 nitrogen and oxygen atoms in total. The lowest BCUT2D eigenvalue weighted by Crippen LogP contribution is -2.45. The normalized spacial score (nSPS) is 19.1. The van der Waals surface area contributed by atoms with E-state index in [1.165, 1.54) is 0 Å². The van der Waals surface area contributed by atoms with Gasteiger partial charge in [-0.25, -0.2) is 0 Å². The molecule has 1 N–H and O–H groups in total. The van der Waals surface area contributed by atoms with E-state index in [2.05, 4.69) is 0 Å². The van der Waals surface area contributed by atoms with Gasteiger partial charge < -0.3 is 5.11 Å². The lowest BCUT2D eigenvalue weighted by Gasteiger charge is -2.40. The number of amides is 1. The number of carboxylic acids is 1. The van der Waals surface area contributed by atoms with E-state index in [1.807, 2.05) is 60.7 Å². The van der Waals surface area contributed by atoms with Crippen LogP contribution in [0.25, 0.3) is 0 Å². The van der Waals surface area contributed by atoms with Gasteiger partial charge in [-0.1, -0.05) is 66.7 Å². The van der Waals surface area contributed by atoms with Crippen molar-refractivity contribution in [3.05, 3.63) is 102 Å². The van der Waals surface area contributed by atoms with Gasteiger partial charge >= 0.3 is 5.97 Å². The summed E-state index contributed by atoms with van der Waals surface area (Å²) in [6.07, 6.45) is 0. The predicted molar refractivity (Wildman–Crippen MR) is 99.3 cm³/mol. The Kier molecular flexibility index (Phi) is 4.01. The zero-order valence-corrected chi connectivity index (χ0v) is 13.9. The smallest absolute Gasteiger partial charge is 0.313 e. The average Bonchev–Trinajstić information content (AvgIpc) is 2.69. The molecule has 0 saturated heterocycles. The molecule has 0 fully saturated rings. The zero-order valence-electron chi connectivity index (χ0n) is 13.9. The maximum atomic E-state index is 13.3. The summed E-state index contributed by atoms with van der Waals surface area (Å²) in [4.78, 5) is 27.2. The molecule has 4 heteroatoms. The number of carbonyl (C=O) groups is 2. The van der Waals surface area contributed by atoms with Crippen molar-refractivity contribution in [2.45, 2.75) is 12.0 Å².